The number of benzene rings is 1. The molecule has 0 amide bonds. The van der Waals surface area contributed by atoms with Crippen molar-refractivity contribution in [3.05, 3.63) is 30.3 Å². The summed E-state index contributed by atoms with van der Waals surface area (Å²) >= 11 is 1.63. The van der Waals surface area contributed by atoms with E-state index in [0.717, 1.165) is 17.7 Å². The topological polar surface area (TPSA) is 52.6 Å². The normalized spacial score (nSPS) is 31.2. The summed E-state index contributed by atoms with van der Waals surface area (Å²) in [5.41, 5.74) is -0.701. The molecule has 21 heavy (non-hydrogen) atoms. The number of methoxy groups -OCH3 is 1. The van der Waals surface area contributed by atoms with Crippen LogP contribution in [0.15, 0.2) is 35.2 Å². The van der Waals surface area contributed by atoms with E-state index in [0.29, 0.717) is 12.2 Å². The summed E-state index contributed by atoms with van der Waals surface area (Å²) in [4.78, 5) is 25.4. The summed E-state index contributed by atoms with van der Waals surface area (Å²) < 4.78 is 10.9. The smallest absolute Gasteiger partial charge is 0.319 e. The molecular formula is C16H18O4S. The van der Waals surface area contributed by atoms with E-state index in [-0.39, 0.29) is 11.9 Å². The first kappa shape index (κ1) is 14.6. The van der Waals surface area contributed by atoms with Gasteiger partial charge in [0.1, 0.15) is 5.92 Å². The Kier molecular flexibility index (Phi) is 4.04. The number of fused-ring (bicyclic) bond motifs is 2. The van der Waals surface area contributed by atoms with Gasteiger partial charge in [-0.05, 0) is 25.0 Å². The van der Waals surface area contributed by atoms with Crippen LogP contribution >= 0.6 is 11.8 Å². The molecule has 1 unspecified atom stereocenters. The lowest BCUT2D eigenvalue weighted by molar-refractivity contribution is -0.171. The monoisotopic (exact) mass is 306 g/mol. The Bertz CT molecular complexity index is 544. The molecule has 0 radical (unpaired) electrons. The molecule has 0 aliphatic carbocycles. The third-order valence-corrected chi connectivity index (χ3v) is 5.47. The highest BCUT2D eigenvalue weighted by Gasteiger charge is 2.57. The molecule has 2 aliphatic rings. The van der Waals surface area contributed by atoms with Gasteiger partial charge in [0.2, 0.25) is 0 Å². The SMILES string of the molecule is COC(=O)C1C(=O)C[C@H]2CC[C@]1(CSc1ccccc1)O2. The Hall–Kier alpha value is -1.33. The quantitative estimate of drug-likeness (QED) is 0.486. The predicted molar refractivity (Wildman–Crippen MR) is 79.1 cm³/mol. The Morgan fingerprint density at radius 3 is 2.90 bits per heavy atom. The van der Waals surface area contributed by atoms with Crippen molar-refractivity contribution in [2.24, 2.45) is 5.92 Å². The molecule has 3 rings (SSSR count). The summed E-state index contributed by atoms with van der Waals surface area (Å²) in [5.74, 6) is -0.685. The highest BCUT2D eigenvalue weighted by atomic mass is 32.2. The fourth-order valence-corrected chi connectivity index (χ4v) is 4.36. The van der Waals surface area contributed by atoms with Crippen LogP contribution in [0.5, 0.6) is 0 Å². The minimum Gasteiger partial charge on any atom is -0.468 e. The minimum absolute atomic E-state index is 0.0326. The Balaban J connectivity index is 1.81. The fraction of sp³-hybridized carbons (Fsp3) is 0.500. The van der Waals surface area contributed by atoms with Crippen molar-refractivity contribution in [1.29, 1.82) is 0 Å². The van der Waals surface area contributed by atoms with Crippen LogP contribution in [0.1, 0.15) is 19.3 Å². The van der Waals surface area contributed by atoms with Crippen LogP contribution in [-0.2, 0) is 19.1 Å². The minimum atomic E-state index is -0.780. The molecular weight excluding hydrogens is 288 g/mol. The summed E-state index contributed by atoms with van der Waals surface area (Å²) in [6.45, 7) is 0. The Morgan fingerprint density at radius 2 is 2.19 bits per heavy atom. The first-order valence-corrected chi connectivity index (χ1v) is 8.09. The van der Waals surface area contributed by atoms with Gasteiger partial charge in [-0.3, -0.25) is 9.59 Å². The zero-order valence-electron chi connectivity index (χ0n) is 11.9. The number of esters is 1. The van der Waals surface area contributed by atoms with Gasteiger partial charge in [0.15, 0.2) is 5.78 Å². The van der Waals surface area contributed by atoms with E-state index in [1.165, 1.54) is 7.11 Å². The maximum atomic E-state index is 12.3. The number of Topliss-reactive ketones (excluding diaryl/α,β-unsaturated/α-hetero) is 1. The zero-order chi connectivity index (χ0) is 14.9. The van der Waals surface area contributed by atoms with E-state index in [4.69, 9.17) is 9.47 Å². The van der Waals surface area contributed by atoms with Gasteiger partial charge in [0, 0.05) is 17.1 Å². The van der Waals surface area contributed by atoms with E-state index in [2.05, 4.69) is 0 Å². The lowest BCUT2D eigenvalue weighted by Crippen LogP contribution is -2.52. The number of thioether (sulfide) groups is 1. The molecule has 2 fully saturated rings. The van der Waals surface area contributed by atoms with Crippen LogP contribution in [0.4, 0.5) is 0 Å². The molecule has 4 nitrogen and oxygen atoms in total. The molecule has 0 N–H and O–H groups in total. The van der Waals surface area contributed by atoms with Gasteiger partial charge in [0.05, 0.1) is 18.8 Å². The molecule has 0 aromatic heterocycles. The van der Waals surface area contributed by atoms with E-state index >= 15 is 0 Å². The van der Waals surface area contributed by atoms with Crippen LogP contribution < -0.4 is 0 Å². The predicted octanol–water partition coefficient (Wildman–Crippen LogP) is 2.46. The molecule has 2 saturated heterocycles. The van der Waals surface area contributed by atoms with Crippen LogP contribution in [-0.4, -0.2) is 36.3 Å². The van der Waals surface area contributed by atoms with Gasteiger partial charge >= 0.3 is 5.97 Å². The summed E-state index contributed by atoms with van der Waals surface area (Å²) in [6, 6.07) is 9.95. The van der Waals surface area contributed by atoms with Gasteiger partial charge in [0.25, 0.3) is 0 Å². The van der Waals surface area contributed by atoms with Crippen molar-refractivity contribution >= 4 is 23.5 Å². The molecule has 5 heteroatoms. The van der Waals surface area contributed by atoms with Crippen molar-refractivity contribution in [3.63, 3.8) is 0 Å². The van der Waals surface area contributed by atoms with Crippen molar-refractivity contribution in [1.82, 2.24) is 0 Å². The number of carbonyl (C=O) groups excluding carboxylic acids is 2. The van der Waals surface area contributed by atoms with E-state index in [1.54, 1.807) is 11.8 Å². The molecule has 2 bridgehead atoms. The molecule has 0 spiro atoms. The van der Waals surface area contributed by atoms with Crippen LogP contribution in [0, 0.1) is 5.92 Å². The highest BCUT2D eigenvalue weighted by molar-refractivity contribution is 7.99. The number of ether oxygens (including phenoxy) is 2. The molecule has 2 heterocycles. The van der Waals surface area contributed by atoms with Crippen LogP contribution in [0.3, 0.4) is 0 Å². The van der Waals surface area contributed by atoms with Gasteiger partial charge in [-0.25, -0.2) is 0 Å². The van der Waals surface area contributed by atoms with E-state index in [1.807, 2.05) is 30.3 Å². The average Bonchev–Trinajstić information content (AvgIpc) is 2.84. The van der Waals surface area contributed by atoms with Gasteiger partial charge in [-0.1, -0.05) is 18.2 Å². The summed E-state index contributed by atoms with van der Waals surface area (Å²) in [5, 5.41) is 0. The Morgan fingerprint density at radius 1 is 1.43 bits per heavy atom. The molecule has 3 atom stereocenters. The average molecular weight is 306 g/mol. The maximum Gasteiger partial charge on any atom is 0.319 e. The maximum absolute atomic E-state index is 12.3. The molecule has 0 saturated carbocycles. The van der Waals surface area contributed by atoms with Gasteiger partial charge in [-0.15, -0.1) is 11.8 Å². The lowest BCUT2D eigenvalue weighted by Gasteiger charge is -2.38. The van der Waals surface area contributed by atoms with E-state index < -0.39 is 17.5 Å². The first-order valence-electron chi connectivity index (χ1n) is 7.11. The van der Waals surface area contributed by atoms with E-state index in [9.17, 15) is 9.59 Å². The molecule has 1 aromatic carbocycles. The second-order valence-electron chi connectivity index (χ2n) is 5.57. The first-order chi connectivity index (χ1) is 10.1. The number of hydrogen-bond donors (Lipinski definition) is 0. The number of hydrogen-bond acceptors (Lipinski definition) is 5. The number of rotatable bonds is 4. The van der Waals surface area contributed by atoms with Crippen molar-refractivity contribution in [2.45, 2.75) is 35.9 Å². The third kappa shape index (κ3) is 2.72. The van der Waals surface area contributed by atoms with Crippen molar-refractivity contribution in [3.8, 4) is 0 Å². The fourth-order valence-electron chi connectivity index (χ4n) is 3.22. The van der Waals surface area contributed by atoms with Crippen LogP contribution in [0.25, 0.3) is 0 Å². The van der Waals surface area contributed by atoms with Gasteiger partial charge < -0.3 is 9.47 Å². The Labute approximate surface area is 128 Å². The van der Waals surface area contributed by atoms with Gasteiger partial charge in [-0.2, -0.15) is 0 Å². The van der Waals surface area contributed by atoms with Crippen LogP contribution in [0.2, 0.25) is 0 Å². The van der Waals surface area contributed by atoms with Crippen molar-refractivity contribution < 1.29 is 19.1 Å². The largest absolute Gasteiger partial charge is 0.468 e. The summed E-state index contributed by atoms with van der Waals surface area (Å²) in [7, 11) is 1.33. The third-order valence-electron chi connectivity index (χ3n) is 4.23. The number of carbonyl (C=O) groups is 2. The molecule has 2 aliphatic heterocycles. The number of ketones is 1. The molecule has 112 valence electrons. The lowest BCUT2D eigenvalue weighted by atomic mass is 9.83. The standard InChI is InChI=1S/C16H18O4S/c1-19-15(18)14-13(17)9-11-7-8-16(14,20-11)10-21-12-5-3-2-4-6-12/h2-6,11,14H,7-10H2,1H3/t11-,14?,16-/m1/s1. The second kappa shape index (κ2) is 5.81. The molecule has 1 aromatic rings. The van der Waals surface area contributed by atoms with Crippen molar-refractivity contribution in [2.75, 3.05) is 12.9 Å². The highest BCUT2D eigenvalue weighted by Crippen LogP contribution is 2.46. The second-order valence-corrected chi connectivity index (χ2v) is 6.62. The zero-order valence-corrected chi connectivity index (χ0v) is 12.7. The summed E-state index contributed by atoms with van der Waals surface area (Å²) in [6.07, 6.45) is 1.88.